The molecule has 1 rings (SSSR count). The fraction of sp³-hybridized carbons (Fsp3) is 0.636. The van der Waals surface area contributed by atoms with Crippen molar-refractivity contribution in [3.05, 3.63) is 18.2 Å². The summed E-state index contributed by atoms with van der Waals surface area (Å²) in [7, 11) is 0. The third-order valence-corrected chi connectivity index (χ3v) is 1.89. The molecule has 5 nitrogen and oxygen atoms in total. The lowest BCUT2D eigenvalue weighted by Crippen LogP contribution is -2.39. The molecule has 0 saturated carbocycles. The van der Waals surface area contributed by atoms with Crippen LogP contribution in [0.2, 0.25) is 0 Å². The van der Waals surface area contributed by atoms with Gasteiger partial charge in [0.2, 0.25) is 0 Å². The van der Waals surface area contributed by atoms with Crippen LogP contribution in [0, 0.1) is 0 Å². The SMILES string of the molecule is C[C@H](NCc1ncc[nH]1)C(=O)OC(C)(C)C. The van der Waals surface area contributed by atoms with Gasteiger partial charge >= 0.3 is 5.97 Å². The topological polar surface area (TPSA) is 67.0 Å². The molecule has 1 aromatic rings. The summed E-state index contributed by atoms with van der Waals surface area (Å²) in [6.45, 7) is 7.85. The molecule has 0 bridgehead atoms. The minimum absolute atomic E-state index is 0.251. The third-order valence-electron chi connectivity index (χ3n) is 1.89. The molecule has 0 unspecified atom stereocenters. The second-order valence-corrected chi connectivity index (χ2v) is 4.67. The zero-order valence-electron chi connectivity index (χ0n) is 10.2. The van der Waals surface area contributed by atoms with Crippen LogP contribution in [0.1, 0.15) is 33.5 Å². The van der Waals surface area contributed by atoms with Gasteiger partial charge in [-0.25, -0.2) is 4.98 Å². The molecule has 5 heteroatoms. The van der Waals surface area contributed by atoms with Crippen molar-refractivity contribution < 1.29 is 9.53 Å². The highest BCUT2D eigenvalue weighted by molar-refractivity contribution is 5.75. The van der Waals surface area contributed by atoms with Gasteiger partial charge in [-0.3, -0.25) is 10.1 Å². The summed E-state index contributed by atoms with van der Waals surface area (Å²) in [5.41, 5.74) is -0.447. The molecule has 0 amide bonds. The van der Waals surface area contributed by atoms with E-state index < -0.39 is 5.60 Å². The van der Waals surface area contributed by atoms with E-state index in [4.69, 9.17) is 4.74 Å². The molecule has 1 heterocycles. The summed E-state index contributed by atoms with van der Waals surface area (Å²) < 4.78 is 5.24. The van der Waals surface area contributed by atoms with Crippen molar-refractivity contribution in [3.63, 3.8) is 0 Å². The predicted octanol–water partition coefficient (Wildman–Crippen LogP) is 1.23. The van der Waals surface area contributed by atoms with Crippen LogP contribution < -0.4 is 5.32 Å². The van der Waals surface area contributed by atoms with Crippen molar-refractivity contribution in [2.75, 3.05) is 0 Å². The predicted molar refractivity (Wildman–Crippen MR) is 60.7 cm³/mol. The van der Waals surface area contributed by atoms with Gasteiger partial charge in [0, 0.05) is 12.4 Å². The van der Waals surface area contributed by atoms with Crippen LogP contribution in [0.25, 0.3) is 0 Å². The molecule has 0 radical (unpaired) electrons. The van der Waals surface area contributed by atoms with E-state index in [1.54, 1.807) is 19.3 Å². The van der Waals surface area contributed by atoms with Crippen LogP contribution in [-0.4, -0.2) is 27.6 Å². The zero-order chi connectivity index (χ0) is 12.2. The van der Waals surface area contributed by atoms with E-state index in [1.807, 2.05) is 20.8 Å². The van der Waals surface area contributed by atoms with Crippen molar-refractivity contribution in [1.82, 2.24) is 15.3 Å². The first-order valence-corrected chi connectivity index (χ1v) is 5.33. The van der Waals surface area contributed by atoms with Gasteiger partial charge in [-0.1, -0.05) is 0 Å². The Labute approximate surface area is 95.6 Å². The number of carbonyl (C=O) groups excluding carboxylic acids is 1. The van der Waals surface area contributed by atoms with Gasteiger partial charge in [-0.2, -0.15) is 0 Å². The van der Waals surface area contributed by atoms with Crippen LogP contribution in [0.3, 0.4) is 0 Å². The number of rotatable bonds is 4. The standard InChI is InChI=1S/C11H19N3O2/c1-8(10(15)16-11(2,3)4)14-7-9-12-5-6-13-9/h5-6,8,14H,7H2,1-4H3,(H,12,13)/t8-/m0/s1. The Morgan fingerprint density at radius 3 is 2.81 bits per heavy atom. The summed E-state index contributed by atoms with van der Waals surface area (Å²) in [5.74, 6) is 0.550. The van der Waals surface area contributed by atoms with Crippen LogP contribution in [0.15, 0.2) is 12.4 Å². The number of aromatic nitrogens is 2. The summed E-state index contributed by atoms with van der Waals surface area (Å²) in [5, 5.41) is 3.04. The minimum Gasteiger partial charge on any atom is -0.459 e. The van der Waals surface area contributed by atoms with Gasteiger partial charge in [0.25, 0.3) is 0 Å². The number of ether oxygens (including phenoxy) is 1. The molecule has 90 valence electrons. The van der Waals surface area contributed by atoms with E-state index in [9.17, 15) is 4.79 Å². The number of hydrogen-bond acceptors (Lipinski definition) is 4. The average molecular weight is 225 g/mol. The van der Waals surface area contributed by atoms with Gasteiger partial charge in [0.15, 0.2) is 0 Å². The molecule has 0 aliphatic rings. The number of esters is 1. The van der Waals surface area contributed by atoms with Gasteiger partial charge in [0.05, 0.1) is 6.54 Å². The minimum atomic E-state index is -0.447. The van der Waals surface area contributed by atoms with Crippen LogP contribution >= 0.6 is 0 Å². The summed E-state index contributed by atoms with van der Waals surface area (Å²) in [4.78, 5) is 18.6. The van der Waals surface area contributed by atoms with Crippen molar-refractivity contribution in [3.8, 4) is 0 Å². The van der Waals surface area contributed by atoms with E-state index in [0.29, 0.717) is 6.54 Å². The zero-order valence-corrected chi connectivity index (χ0v) is 10.2. The summed E-state index contributed by atoms with van der Waals surface area (Å²) in [6.07, 6.45) is 3.42. The number of imidazole rings is 1. The largest absolute Gasteiger partial charge is 0.459 e. The summed E-state index contributed by atoms with van der Waals surface area (Å²) >= 11 is 0. The fourth-order valence-electron chi connectivity index (χ4n) is 1.12. The number of aromatic amines is 1. The van der Waals surface area contributed by atoms with Crippen LogP contribution in [0.5, 0.6) is 0 Å². The number of carbonyl (C=O) groups is 1. The second kappa shape index (κ2) is 5.12. The second-order valence-electron chi connectivity index (χ2n) is 4.67. The van der Waals surface area contributed by atoms with E-state index in [-0.39, 0.29) is 12.0 Å². The Kier molecular flexibility index (Phi) is 4.06. The Bertz CT molecular complexity index is 327. The van der Waals surface area contributed by atoms with E-state index >= 15 is 0 Å². The van der Waals surface area contributed by atoms with Gasteiger partial charge in [-0.15, -0.1) is 0 Å². The molecule has 0 aliphatic carbocycles. The number of nitrogens with zero attached hydrogens (tertiary/aromatic N) is 1. The maximum Gasteiger partial charge on any atom is 0.323 e. The lowest BCUT2D eigenvalue weighted by Gasteiger charge is -2.22. The number of nitrogens with one attached hydrogen (secondary N) is 2. The Hall–Kier alpha value is -1.36. The molecule has 0 saturated heterocycles. The molecule has 0 fully saturated rings. The Balaban J connectivity index is 2.35. The lowest BCUT2D eigenvalue weighted by molar-refractivity contribution is -0.157. The molecule has 2 N–H and O–H groups in total. The van der Waals surface area contributed by atoms with Crippen molar-refractivity contribution >= 4 is 5.97 Å². The van der Waals surface area contributed by atoms with Gasteiger partial charge in [-0.05, 0) is 27.7 Å². The highest BCUT2D eigenvalue weighted by Crippen LogP contribution is 2.08. The normalized spacial score (nSPS) is 13.5. The van der Waals surface area contributed by atoms with Crippen LogP contribution in [0.4, 0.5) is 0 Å². The maximum atomic E-state index is 11.6. The summed E-state index contributed by atoms with van der Waals surface area (Å²) in [6, 6.07) is -0.343. The first-order chi connectivity index (χ1) is 7.38. The molecule has 16 heavy (non-hydrogen) atoms. The van der Waals surface area contributed by atoms with Crippen LogP contribution in [-0.2, 0) is 16.1 Å². The molecule has 0 spiro atoms. The molecule has 1 aromatic heterocycles. The molecular weight excluding hydrogens is 206 g/mol. The molecule has 0 aromatic carbocycles. The molecule has 1 atom stereocenters. The monoisotopic (exact) mass is 225 g/mol. The van der Waals surface area contributed by atoms with Gasteiger partial charge < -0.3 is 9.72 Å². The number of hydrogen-bond donors (Lipinski definition) is 2. The van der Waals surface area contributed by atoms with Gasteiger partial charge in [0.1, 0.15) is 17.5 Å². The first-order valence-electron chi connectivity index (χ1n) is 5.33. The lowest BCUT2D eigenvalue weighted by atomic mass is 10.2. The van der Waals surface area contributed by atoms with E-state index in [1.165, 1.54) is 0 Å². The quantitative estimate of drug-likeness (QED) is 0.756. The van der Waals surface area contributed by atoms with Crippen molar-refractivity contribution in [2.24, 2.45) is 0 Å². The van der Waals surface area contributed by atoms with Crippen molar-refractivity contribution in [1.29, 1.82) is 0 Å². The molecule has 0 aliphatic heterocycles. The Morgan fingerprint density at radius 1 is 1.62 bits per heavy atom. The molecular formula is C11H19N3O2. The highest BCUT2D eigenvalue weighted by atomic mass is 16.6. The first kappa shape index (κ1) is 12.7. The Morgan fingerprint density at radius 2 is 2.31 bits per heavy atom. The smallest absolute Gasteiger partial charge is 0.323 e. The average Bonchev–Trinajstić information content (AvgIpc) is 2.63. The third kappa shape index (κ3) is 4.44. The number of H-pyrrole nitrogens is 1. The van der Waals surface area contributed by atoms with Crippen molar-refractivity contribution in [2.45, 2.75) is 45.9 Å². The highest BCUT2D eigenvalue weighted by Gasteiger charge is 2.21. The van der Waals surface area contributed by atoms with E-state index in [0.717, 1.165) is 5.82 Å². The maximum absolute atomic E-state index is 11.6. The van der Waals surface area contributed by atoms with E-state index in [2.05, 4.69) is 15.3 Å². The fourth-order valence-corrected chi connectivity index (χ4v) is 1.12.